The van der Waals surface area contributed by atoms with Gasteiger partial charge in [0.25, 0.3) is 0 Å². The summed E-state index contributed by atoms with van der Waals surface area (Å²) >= 11 is 6.25. The van der Waals surface area contributed by atoms with Crippen LogP contribution in [0.1, 0.15) is 38.3 Å². The minimum Gasteiger partial charge on any atom is -0.373 e. The molecule has 0 amide bonds. The molecule has 90 valence electrons. The van der Waals surface area contributed by atoms with E-state index >= 15 is 0 Å². The maximum absolute atomic E-state index is 6.25. The van der Waals surface area contributed by atoms with Crippen LogP contribution in [-0.4, -0.2) is 13.6 Å². The fourth-order valence-electron chi connectivity index (χ4n) is 1.63. The van der Waals surface area contributed by atoms with Crippen molar-refractivity contribution in [3.63, 3.8) is 0 Å². The van der Waals surface area contributed by atoms with Crippen LogP contribution in [0.25, 0.3) is 0 Å². The van der Waals surface area contributed by atoms with Crippen LogP contribution >= 0.6 is 11.6 Å². The first-order valence-corrected chi connectivity index (χ1v) is 6.20. The van der Waals surface area contributed by atoms with Gasteiger partial charge in [0.1, 0.15) is 0 Å². The fraction of sp³-hybridized carbons (Fsp3) is 0.538. The second-order valence-electron chi connectivity index (χ2n) is 4.27. The van der Waals surface area contributed by atoms with Gasteiger partial charge in [-0.3, -0.25) is 0 Å². The van der Waals surface area contributed by atoms with Crippen molar-refractivity contribution in [1.82, 2.24) is 0 Å². The molecule has 0 radical (unpaired) electrons. The molecule has 0 bridgehead atoms. The minimum atomic E-state index is 0.0347. The molecule has 1 aromatic carbocycles. The van der Waals surface area contributed by atoms with Crippen molar-refractivity contribution in [2.75, 3.05) is 18.5 Å². The molecule has 0 spiro atoms. The first-order valence-electron chi connectivity index (χ1n) is 5.82. The van der Waals surface area contributed by atoms with E-state index in [-0.39, 0.29) is 6.04 Å². The van der Waals surface area contributed by atoms with Crippen LogP contribution in [0.2, 0.25) is 5.02 Å². The van der Waals surface area contributed by atoms with Crippen LogP contribution in [0.3, 0.4) is 0 Å². The lowest BCUT2D eigenvalue weighted by Crippen LogP contribution is -2.18. The highest BCUT2D eigenvalue weighted by atomic mass is 35.5. The molecule has 0 aliphatic carbocycles. The third kappa shape index (κ3) is 3.39. The predicted octanol–water partition coefficient (Wildman–Crippen LogP) is 3.60. The van der Waals surface area contributed by atoms with Crippen molar-refractivity contribution >= 4 is 17.3 Å². The lowest BCUT2D eigenvalue weighted by Gasteiger charge is -2.21. The molecular weight excluding hydrogens is 220 g/mol. The Bertz CT molecular complexity index is 337. The van der Waals surface area contributed by atoms with Crippen LogP contribution in [0.15, 0.2) is 18.2 Å². The molecule has 2 nitrogen and oxygen atoms in total. The van der Waals surface area contributed by atoms with Gasteiger partial charge in [-0.1, -0.05) is 31.0 Å². The van der Waals surface area contributed by atoms with E-state index in [1.54, 1.807) is 0 Å². The van der Waals surface area contributed by atoms with Crippen molar-refractivity contribution in [3.05, 3.63) is 28.8 Å². The predicted molar refractivity (Wildman–Crippen MR) is 72.2 cm³/mol. The quantitative estimate of drug-likeness (QED) is 0.852. The molecule has 0 fully saturated rings. The van der Waals surface area contributed by atoms with Crippen molar-refractivity contribution in [3.8, 4) is 0 Å². The fourth-order valence-corrected chi connectivity index (χ4v) is 1.96. The number of benzene rings is 1. The first-order chi connectivity index (χ1) is 7.56. The molecule has 2 N–H and O–H groups in total. The van der Waals surface area contributed by atoms with Crippen LogP contribution in [-0.2, 0) is 0 Å². The van der Waals surface area contributed by atoms with E-state index < -0.39 is 0 Å². The molecule has 16 heavy (non-hydrogen) atoms. The molecule has 0 saturated heterocycles. The zero-order valence-corrected chi connectivity index (χ0v) is 11.1. The smallest absolute Gasteiger partial charge is 0.0642 e. The number of unbranched alkanes of at least 4 members (excludes halogenated alkanes) is 1. The summed E-state index contributed by atoms with van der Waals surface area (Å²) in [5, 5.41) is 0.786. The van der Waals surface area contributed by atoms with Gasteiger partial charge in [0.05, 0.1) is 10.7 Å². The van der Waals surface area contributed by atoms with Gasteiger partial charge in [-0.25, -0.2) is 0 Å². The molecule has 0 aliphatic heterocycles. The molecule has 1 rings (SSSR count). The molecule has 1 aromatic rings. The number of hydrogen-bond acceptors (Lipinski definition) is 2. The van der Waals surface area contributed by atoms with Crippen molar-refractivity contribution in [2.24, 2.45) is 5.73 Å². The van der Waals surface area contributed by atoms with Gasteiger partial charge in [0, 0.05) is 19.6 Å². The summed E-state index contributed by atoms with van der Waals surface area (Å²) in [6, 6.07) is 6.10. The zero-order chi connectivity index (χ0) is 12.1. The number of nitrogens with two attached hydrogens (primary N) is 1. The minimum absolute atomic E-state index is 0.0347. The topological polar surface area (TPSA) is 29.3 Å². The van der Waals surface area contributed by atoms with Gasteiger partial charge in [-0.2, -0.15) is 0 Å². The Morgan fingerprint density at radius 2 is 2.12 bits per heavy atom. The Hall–Kier alpha value is -0.730. The van der Waals surface area contributed by atoms with E-state index in [0.29, 0.717) is 0 Å². The van der Waals surface area contributed by atoms with Crippen LogP contribution in [0.4, 0.5) is 5.69 Å². The second kappa shape index (κ2) is 6.12. The van der Waals surface area contributed by atoms with E-state index in [1.165, 1.54) is 12.8 Å². The Kier molecular flexibility index (Phi) is 5.10. The molecule has 0 aliphatic rings. The molecule has 1 unspecified atom stereocenters. The first kappa shape index (κ1) is 13.3. The van der Waals surface area contributed by atoms with Crippen molar-refractivity contribution in [2.45, 2.75) is 32.7 Å². The van der Waals surface area contributed by atoms with E-state index in [4.69, 9.17) is 17.3 Å². The SMILES string of the molecule is CCCCN(C)c1ccc(C(C)N)cc1Cl. The standard InChI is InChI=1S/C13H21ClN2/c1-4-5-8-16(3)13-7-6-11(10(2)15)9-12(13)14/h6-7,9-10H,4-5,8,15H2,1-3H3. The van der Waals surface area contributed by atoms with E-state index in [2.05, 4.69) is 24.9 Å². The maximum Gasteiger partial charge on any atom is 0.0642 e. The molecule has 0 aromatic heterocycles. The van der Waals surface area contributed by atoms with Crippen molar-refractivity contribution < 1.29 is 0 Å². The normalized spacial score (nSPS) is 12.6. The van der Waals surface area contributed by atoms with Gasteiger partial charge in [0.2, 0.25) is 0 Å². The summed E-state index contributed by atoms with van der Waals surface area (Å²) in [7, 11) is 2.07. The van der Waals surface area contributed by atoms with E-state index in [0.717, 1.165) is 22.8 Å². The molecule has 0 heterocycles. The van der Waals surface area contributed by atoms with E-state index in [1.807, 2.05) is 19.1 Å². The summed E-state index contributed by atoms with van der Waals surface area (Å²) in [6.45, 7) is 5.19. The highest BCUT2D eigenvalue weighted by Gasteiger charge is 2.08. The van der Waals surface area contributed by atoms with Gasteiger partial charge < -0.3 is 10.6 Å². The maximum atomic E-state index is 6.25. The number of hydrogen-bond donors (Lipinski definition) is 1. The Morgan fingerprint density at radius 1 is 1.44 bits per heavy atom. The highest BCUT2D eigenvalue weighted by Crippen LogP contribution is 2.27. The lowest BCUT2D eigenvalue weighted by molar-refractivity contribution is 0.765. The third-order valence-corrected chi connectivity index (χ3v) is 3.06. The number of rotatable bonds is 5. The Morgan fingerprint density at radius 3 is 2.62 bits per heavy atom. The Labute approximate surface area is 103 Å². The molecule has 0 saturated carbocycles. The molecule has 1 atom stereocenters. The largest absolute Gasteiger partial charge is 0.373 e. The van der Waals surface area contributed by atoms with Crippen LogP contribution in [0, 0.1) is 0 Å². The summed E-state index contributed by atoms with van der Waals surface area (Å²) in [4.78, 5) is 2.19. The third-order valence-electron chi connectivity index (χ3n) is 2.76. The van der Waals surface area contributed by atoms with Gasteiger partial charge >= 0.3 is 0 Å². The average Bonchev–Trinajstić information content (AvgIpc) is 2.25. The Balaban J connectivity index is 2.81. The lowest BCUT2D eigenvalue weighted by atomic mass is 10.1. The van der Waals surface area contributed by atoms with Crippen LogP contribution in [0.5, 0.6) is 0 Å². The second-order valence-corrected chi connectivity index (χ2v) is 4.68. The summed E-state index contributed by atoms with van der Waals surface area (Å²) in [5.41, 5.74) is 7.98. The highest BCUT2D eigenvalue weighted by molar-refractivity contribution is 6.33. The monoisotopic (exact) mass is 240 g/mol. The summed E-state index contributed by atoms with van der Waals surface area (Å²) in [5.74, 6) is 0. The van der Waals surface area contributed by atoms with Gasteiger partial charge in [-0.15, -0.1) is 0 Å². The summed E-state index contributed by atoms with van der Waals surface area (Å²) < 4.78 is 0. The number of nitrogens with zero attached hydrogens (tertiary/aromatic N) is 1. The van der Waals surface area contributed by atoms with Crippen LogP contribution < -0.4 is 10.6 Å². The number of halogens is 1. The molecular formula is C13H21ClN2. The number of anilines is 1. The van der Waals surface area contributed by atoms with E-state index in [9.17, 15) is 0 Å². The summed E-state index contributed by atoms with van der Waals surface area (Å²) in [6.07, 6.45) is 2.38. The van der Waals surface area contributed by atoms with Crippen molar-refractivity contribution in [1.29, 1.82) is 0 Å². The van der Waals surface area contributed by atoms with Gasteiger partial charge in [0.15, 0.2) is 0 Å². The molecule has 3 heteroatoms. The zero-order valence-electron chi connectivity index (χ0n) is 10.3. The average molecular weight is 241 g/mol. The van der Waals surface area contributed by atoms with Gasteiger partial charge in [-0.05, 0) is 31.0 Å².